The standard InChI is InChI=1S/C4H12NO3P/c1-3-4(5)8-9(6)7-2/h4,6H,3,5H2,1-2H3. The molecular formula is C4H12NO3P. The molecule has 56 valence electrons. The first-order valence-corrected chi connectivity index (χ1v) is 3.79. The van der Waals surface area contributed by atoms with Crippen molar-refractivity contribution in [1.29, 1.82) is 0 Å². The van der Waals surface area contributed by atoms with Crippen molar-refractivity contribution in [2.75, 3.05) is 7.11 Å². The lowest BCUT2D eigenvalue weighted by atomic mass is 10.5. The van der Waals surface area contributed by atoms with Gasteiger partial charge < -0.3 is 15.2 Å². The van der Waals surface area contributed by atoms with Gasteiger partial charge in [0.05, 0.1) is 0 Å². The zero-order valence-electron chi connectivity index (χ0n) is 5.57. The quantitative estimate of drug-likeness (QED) is 0.457. The molecule has 0 heterocycles. The molecule has 0 amide bonds. The molecule has 0 saturated heterocycles. The predicted molar refractivity (Wildman–Crippen MR) is 35.5 cm³/mol. The van der Waals surface area contributed by atoms with E-state index in [1.165, 1.54) is 7.11 Å². The van der Waals surface area contributed by atoms with Crippen molar-refractivity contribution in [3.63, 3.8) is 0 Å². The van der Waals surface area contributed by atoms with Crippen LogP contribution < -0.4 is 5.73 Å². The van der Waals surface area contributed by atoms with E-state index in [0.29, 0.717) is 6.42 Å². The van der Waals surface area contributed by atoms with E-state index in [4.69, 9.17) is 15.2 Å². The fraction of sp³-hybridized carbons (Fsp3) is 1.00. The van der Waals surface area contributed by atoms with Crippen molar-refractivity contribution in [3.8, 4) is 0 Å². The minimum Gasteiger partial charge on any atom is -0.328 e. The minimum absolute atomic E-state index is 0.416. The molecule has 0 fully saturated rings. The molecule has 0 aromatic rings. The molecular weight excluding hydrogens is 141 g/mol. The Morgan fingerprint density at radius 3 is 2.67 bits per heavy atom. The summed E-state index contributed by atoms with van der Waals surface area (Å²) < 4.78 is 9.17. The van der Waals surface area contributed by atoms with Crippen LogP contribution in [-0.2, 0) is 9.05 Å². The summed E-state index contributed by atoms with van der Waals surface area (Å²) in [6.07, 6.45) is 0.254. The number of hydrogen-bond donors (Lipinski definition) is 2. The van der Waals surface area contributed by atoms with Crippen molar-refractivity contribution >= 4 is 8.60 Å². The molecule has 4 nitrogen and oxygen atoms in total. The van der Waals surface area contributed by atoms with Crippen LogP contribution in [-0.4, -0.2) is 18.2 Å². The van der Waals surface area contributed by atoms with Crippen molar-refractivity contribution < 1.29 is 13.9 Å². The second kappa shape index (κ2) is 5.09. The molecule has 3 N–H and O–H groups in total. The van der Waals surface area contributed by atoms with Gasteiger partial charge in [-0.2, -0.15) is 0 Å². The first-order valence-electron chi connectivity index (χ1n) is 2.66. The first kappa shape index (κ1) is 9.27. The van der Waals surface area contributed by atoms with Crippen LogP contribution in [0.1, 0.15) is 13.3 Å². The Labute approximate surface area is 56.0 Å². The molecule has 9 heavy (non-hydrogen) atoms. The van der Waals surface area contributed by atoms with Crippen LogP contribution in [0.4, 0.5) is 0 Å². The molecule has 0 saturated carbocycles. The largest absolute Gasteiger partial charge is 0.331 e. The van der Waals surface area contributed by atoms with Crippen LogP contribution in [0.3, 0.4) is 0 Å². The van der Waals surface area contributed by atoms with E-state index >= 15 is 0 Å². The smallest absolute Gasteiger partial charge is 0.328 e. The van der Waals surface area contributed by atoms with Crippen LogP contribution in [0.5, 0.6) is 0 Å². The molecule has 0 spiro atoms. The van der Waals surface area contributed by atoms with Gasteiger partial charge >= 0.3 is 8.60 Å². The van der Waals surface area contributed by atoms with Gasteiger partial charge in [0.1, 0.15) is 6.23 Å². The van der Waals surface area contributed by atoms with Crippen LogP contribution in [0.15, 0.2) is 0 Å². The molecule has 0 rings (SSSR count). The molecule has 0 aromatic heterocycles. The average Bonchev–Trinajstić information content (AvgIpc) is 1.87. The highest BCUT2D eigenvalue weighted by atomic mass is 31.2. The van der Waals surface area contributed by atoms with E-state index in [1.54, 1.807) is 0 Å². The van der Waals surface area contributed by atoms with Gasteiger partial charge in [-0.1, -0.05) is 6.92 Å². The summed E-state index contributed by atoms with van der Waals surface area (Å²) in [5.41, 5.74) is 5.30. The highest BCUT2D eigenvalue weighted by Crippen LogP contribution is 2.32. The number of rotatable bonds is 4. The Hall–Kier alpha value is 0.270. The topological polar surface area (TPSA) is 64.7 Å². The van der Waals surface area contributed by atoms with E-state index in [1.807, 2.05) is 6.92 Å². The summed E-state index contributed by atoms with van der Waals surface area (Å²) in [5.74, 6) is 0. The van der Waals surface area contributed by atoms with E-state index in [-0.39, 0.29) is 0 Å². The molecule has 0 aliphatic heterocycles. The molecule has 0 aliphatic rings. The highest BCUT2D eigenvalue weighted by Gasteiger charge is 2.07. The second-order valence-electron chi connectivity index (χ2n) is 1.47. The van der Waals surface area contributed by atoms with Gasteiger partial charge in [-0.3, -0.25) is 4.52 Å². The summed E-state index contributed by atoms with van der Waals surface area (Å²) in [6, 6.07) is 0. The monoisotopic (exact) mass is 153 g/mol. The van der Waals surface area contributed by atoms with E-state index in [2.05, 4.69) is 4.52 Å². The normalized spacial score (nSPS) is 17.3. The van der Waals surface area contributed by atoms with Crippen molar-refractivity contribution in [2.24, 2.45) is 5.73 Å². The zero-order chi connectivity index (χ0) is 7.28. The predicted octanol–water partition coefficient (Wildman–Crippen LogP) is 0.563. The molecule has 2 unspecified atom stereocenters. The van der Waals surface area contributed by atoms with Crippen LogP contribution in [0.2, 0.25) is 0 Å². The first-order chi connectivity index (χ1) is 4.20. The van der Waals surface area contributed by atoms with Gasteiger partial charge in [-0.05, 0) is 6.42 Å². The molecule has 0 bridgehead atoms. The van der Waals surface area contributed by atoms with Crippen molar-refractivity contribution in [1.82, 2.24) is 0 Å². The summed E-state index contributed by atoms with van der Waals surface area (Å²) in [5, 5.41) is 0. The average molecular weight is 153 g/mol. The molecule has 2 atom stereocenters. The molecule has 0 aliphatic carbocycles. The molecule has 0 radical (unpaired) electrons. The SMILES string of the molecule is CCC(N)OP(O)OC. The Kier molecular flexibility index (Phi) is 5.24. The van der Waals surface area contributed by atoms with Crippen molar-refractivity contribution in [3.05, 3.63) is 0 Å². The van der Waals surface area contributed by atoms with Gasteiger partial charge in [-0.15, -0.1) is 0 Å². The number of nitrogens with two attached hydrogens (primary N) is 1. The third kappa shape index (κ3) is 4.75. The van der Waals surface area contributed by atoms with Crippen LogP contribution >= 0.6 is 8.60 Å². The highest BCUT2D eigenvalue weighted by molar-refractivity contribution is 7.40. The molecule has 0 aromatic carbocycles. The maximum Gasteiger partial charge on any atom is 0.331 e. The zero-order valence-corrected chi connectivity index (χ0v) is 6.47. The van der Waals surface area contributed by atoms with Gasteiger partial charge in [0, 0.05) is 7.11 Å². The Morgan fingerprint density at radius 2 is 2.33 bits per heavy atom. The van der Waals surface area contributed by atoms with E-state index < -0.39 is 14.8 Å². The van der Waals surface area contributed by atoms with Gasteiger partial charge in [-0.25, -0.2) is 0 Å². The third-order valence-electron chi connectivity index (χ3n) is 0.784. The van der Waals surface area contributed by atoms with Crippen LogP contribution in [0, 0.1) is 0 Å². The van der Waals surface area contributed by atoms with Gasteiger partial charge in [0.25, 0.3) is 0 Å². The fourth-order valence-electron chi connectivity index (χ4n) is 0.233. The minimum atomic E-state index is -1.75. The second-order valence-corrected chi connectivity index (χ2v) is 2.52. The Bertz CT molecular complexity index is 64.8. The summed E-state index contributed by atoms with van der Waals surface area (Å²) in [7, 11) is -0.379. The lowest BCUT2D eigenvalue weighted by Gasteiger charge is -2.11. The Morgan fingerprint density at radius 1 is 1.78 bits per heavy atom. The van der Waals surface area contributed by atoms with E-state index in [0.717, 1.165) is 0 Å². The number of hydrogen-bond acceptors (Lipinski definition) is 4. The molecule has 5 heteroatoms. The lowest BCUT2D eigenvalue weighted by molar-refractivity contribution is 0.159. The van der Waals surface area contributed by atoms with E-state index in [9.17, 15) is 0 Å². The third-order valence-corrected chi connectivity index (χ3v) is 1.55. The lowest BCUT2D eigenvalue weighted by Crippen LogP contribution is -2.20. The maximum atomic E-state index is 8.70. The summed E-state index contributed by atoms with van der Waals surface area (Å²) >= 11 is 0. The van der Waals surface area contributed by atoms with Gasteiger partial charge in [0.2, 0.25) is 0 Å². The van der Waals surface area contributed by atoms with Crippen molar-refractivity contribution in [2.45, 2.75) is 19.6 Å². The van der Waals surface area contributed by atoms with Crippen LogP contribution in [0.25, 0.3) is 0 Å². The summed E-state index contributed by atoms with van der Waals surface area (Å²) in [4.78, 5) is 8.70. The Balaban J connectivity index is 3.22. The maximum absolute atomic E-state index is 8.70. The van der Waals surface area contributed by atoms with Gasteiger partial charge in [0.15, 0.2) is 0 Å². The fourth-order valence-corrected chi connectivity index (χ4v) is 0.700. The summed E-state index contributed by atoms with van der Waals surface area (Å²) in [6.45, 7) is 1.86.